The van der Waals surface area contributed by atoms with E-state index in [1.807, 2.05) is 38.1 Å². The third-order valence-electron chi connectivity index (χ3n) is 4.41. The molecule has 0 fully saturated rings. The van der Waals surface area contributed by atoms with Crippen molar-refractivity contribution in [3.63, 3.8) is 0 Å². The third kappa shape index (κ3) is 5.72. The van der Waals surface area contributed by atoms with E-state index in [4.69, 9.17) is 4.74 Å². The van der Waals surface area contributed by atoms with Crippen LogP contribution in [0.1, 0.15) is 16.7 Å². The lowest BCUT2D eigenvalue weighted by Crippen LogP contribution is -2.39. The average Bonchev–Trinajstić information content (AvgIpc) is 2.61. The van der Waals surface area contributed by atoms with Crippen LogP contribution >= 0.6 is 0 Å². The van der Waals surface area contributed by atoms with E-state index in [1.165, 1.54) is 10.6 Å². The van der Waals surface area contributed by atoms with Crippen LogP contribution in [0.25, 0.3) is 0 Å². The van der Waals surface area contributed by atoms with Gasteiger partial charge in [-0.3, -0.25) is 9.10 Å². The van der Waals surface area contributed by atoms with Gasteiger partial charge in [0.2, 0.25) is 15.9 Å². The summed E-state index contributed by atoms with van der Waals surface area (Å²) in [5.74, 6) is 0.575. The van der Waals surface area contributed by atoms with Crippen LogP contribution in [0, 0.1) is 13.8 Å². The normalized spacial score (nSPS) is 11.1. The molecule has 7 heteroatoms. The van der Waals surface area contributed by atoms with E-state index in [1.54, 1.807) is 25.3 Å². The van der Waals surface area contributed by atoms with Crippen molar-refractivity contribution in [3.8, 4) is 5.75 Å². The smallest absolute Gasteiger partial charge is 0.232 e. The van der Waals surface area contributed by atoms with Crippen molar-refractivity contribution in [3.05, 3.63) is 59.2 Å². The summed E-state index contributed by atoms with van der Waals surface area (Å²) >= 11 is 0. The number of amides is 1. The van der Waals surface area contributed by atoms with Crippen molar-refractivity contribution >= 4 is 21.6 Å². The molecule has 0 heterocycles. The highest BCUT2D eigenvalue weighted by atomic mass is 32.2. The second-order valence-electron chi connectivity index (χ2n) is 6.43. The Balaban J connectivity index is 1.99. The molecule has 0 atom stereocenters. The number of benzene rings is 2. The largest absolute Gasteiger partial charge is 0.497 e. The molecular weight excluding hydrogens is 364 g/mol. The molecule has 2 aromatic rings. The molecule has 0 aromatic heterocycles. The zero-order valence-electron chi connectivity index (χ0n) is 16.2. The number of ether oxygens (including phenoxy) is 1. The molecule has 0 aliphatic rings. The molecule has 2 rings (SSSR count). The zero-order valence-corrected chi connectivity index (χ0v) is 17.0. The fourth-order valence-electron chi connectivity index (χ4n) is 2.76. The van der Waals surface area contributed by atoms with Gasteiger partial charge in [-0.25, -0.2) is 8.42 Å². The first-order chi connectivity index (χ1) is 12.7. The summed E-state index contributed by atoms with van der Waals surface area (Å²) in [6.45, 7) is 4.24. The van der Waals surface area contributed by atoms with Crippen LogP contribution in [0.3, 0.4) is 0 Å². The summed E-state index contributed by atoms with van der Waals surface area (Å²) < 4.78 is 30.9. The van der Waals surface area contributed by atoms with E-state index >= 15 is 0 Å². The molecule has 1 N–H and O–H groups in total. The van der Waals surface area contributed by atoms with Crippen LogP contribution in [0.4, 0.5) is 5.69 Å². The van der Waals surface area contributed by atoms with Gasteiger partial charge in [-0.1, -0.05) is 24.3 Å². The van der Waals surface area contributed by atoms with E-state index in [0.717, 1.165) is 22.4 Å². The van der Waals surface area contributed by atoms with Crippen LogP contribution in [0.15, 0.2) is 42.5 Å². The Kier molecular flexibility index (Phi) is 6.85. The Morgan fingerprint density at radius 2 is 1.78 bits per heavy atom. The summed E-state index contributed by atoms with van der Waals surface area (Å²) in [7, 11) is -1.87. The topological polar surface area (TPSA) is 75.7 Å². The second kappa shape index (κ2) is 8.90. The number of aryl methyl sites for hydroxylation is 1. The maximum absolute atomic E-state index is 12.2. The van der Waals surface area contributed by atoms with E-state index in [2.05, 4.69) is 5.32 Å². The number of nitrogens with zero attached hydrogens (tertiary/aromatic N) is 1. The van der Waals surface area contributed by atoms with Crippen molar-refractivity contribution in [2.24, 2.45) is 0 Å². The fourth-order valence-corrected chi connectivity index (χ4v) is 3.74. The molecule has 1 amide bonds. The fraction of sp³-hybridized carbons (Fsp3) is 0.350. The van der Waals surface area contributed by atoms with Gasteiger partial charge in [0, 0.05) is 6.54 Å². The molecule has 0 saturated heterocycles. The Hall–Kier alpha value is -2.54. The molecule has 0 aliphatic carbocycles. The number of hydrogen-bond acceptors (Lipinski definition) is 4. The Morgan fingerprint density at radius 1 is 1.11 bits per heavy atom. The summed E-state index contributed by atoms with van der Waals surface area (Å²) in [6.07, 6.45) is 1.40. The minimum Gasteiger partial charge on any atom is -0.497 e. The number of carbonyl (C=O) groups is 1. The Labute approximate surface area is 161 Å². The van der Waals surface area contributed by atoms with Crippen LogP contribution < -0.4 is 14.4 Å². The van der Waals surface area contributed by atoms with Crippen LogP contribution in [0.5, 0.6) is 5.75 Å². The van der Waals surface area contributed by atoms with Crippen molar-refractivity contribution in [2.45, 2.75) is 20.3 Å². The number of methoxy groups -OCH3 is 1. The SMILES string of the molecule is COc1ccc(CC(=O)NCCN(c2cccc(C)c2C)S(C)(=O)=O)cc1. The summed E-state index contributed by atoms with van der Waals surface area (Å²) in [6, 6.07) is 12.8. The first-order valence-corrected chi connectivity index (χ1v) is 10.5. The van der Waals surface area contributed by atoms with Gasteiger partial charge in [-0.05, 0) is 48.7 Å². The minimum absolute atomic E-state index is 0.158. The first-order valence-electron chi connectivity index (χ1n) is 8.66. The van der Waals surface area contributed by atoms with E-state index < -0.39 is 10.0 Å². The molecule has 2 aromatic carbocycles. The van der Waals surface area contributed by atoms with Gasteiger partial charge < -0.3 is 10.1 Å². The molecular formula is C20H26N2O4S. The van der Waals surface area contributed by atoms with Gasteiger partial charge in [-0.15, -0.1) is 0 Å². The van der Waals surface area contributed by atoms with Gasteiger partial charge >= 0.3 is 0 Å². The monoisotopic (exact) mass is 390 g/mol. The van der Waals surface area contributed by atoms with Crippen LogP contribution in [0.2, 0.25) is 0 Å². The van der Waals surface area contributed by atoms with Gasteiger partial charge in [-0.2, -0.15) is 0 Å². The first kappa shape index (κ1) is 20.8. The van der Waals surface area contributed by atoms with Crippen molar-refractivity contribution < 1.29 is 17.9 Å². The number of sulfonamides is 1. The highest BCUT2D eigenvalue weighted by Gasteiger charge is 2.19. The maximum atomic E-state index is 12.2. The molecule has 0 spiro atoms. The third-order valence-corrected chi connectivity index (χ3v) is 5.59. The van der Waals surface area contributed by atoms with E-state index in [-0.39, 0.29) is 25.4 Å². The van der Waals surface area contributed by atoms with Gasteiger partial charge in [0.1, 0.15) is 5.75 Å². The highest BCUT2D eigenvalue weighted by molar-refractivity contribution is 7.92. The Bertz CT molecular complexity index is 893. The van der Waals surface area contributed by atoms with Crippen LogP contribution in [-0.2, 0) is 21.2 Å². The summed E-state index contributed by atoms with van der Waals surface area (Å²) in [5.41, 5.74) is 3.43. The van der Waals surface area contributed by atoms with Crippen molar-refractivity contribution in [1.29, 1.82) is 0 Å². The second-order valence-corrected chi connectivity index (χ2v) is 8.34. The maximum Gasteiger partial charge on any atom is 0.232 e. The molecule has 0 aliphatic heterocycles. The number of anilines is 1. The molecule has 0 radical (unpaired) electrons. The van der Waals surface area contributed by atoms with E-state index in [0.29, 0.717) is 5.69 Å². The summed E-state index contributed by atoms with van der Waals surface area (Å²) in [5, 5.41) is 2.79. The lowest BCUT2D eigenvalue weighted by atomic mass is 10.1. The van der Waals surface area contributed by atoms with Crippen LogP contribution in [-0.4, -0.2) is 40.8 Å². The van der Waals surface area contributed by atoms with Gasteiger partial charge in [0.15, 0.2) is 0 Å². The predicted octanol–water partition coefficient (Wildman–Crippen LogP) is 2.44. The predicted molar refractivity (Wildman–Crippen MR) is 108 cm³/mol. The number of hydrogen-bond donors (Lipinski definition) is 1. The van der Waals surface area contributed by atoms with Crippen molar-refractivity contribution in [2.75, 3.05) is 30.8 Å². The van der Waals surface area contributed by atoms with Gasteiger partial charge in [0.05, 0.1) is 32.0 Å². The molecule has 146 valence electrons. The minimum atomic E-state index is -3.45. The quantitative estimate of drug-likeness (QED) is 0.751. The average molecular weight is 391 g/mol. The number of rotatable bonds is 8. The molecule has 27 heavy (non-hydrogen) atoms. The zero-order chi connectivity index (χ0) is 20.0. The molecule has 0 unspecified atom stereocenters. The number of carbonyl (C=O) groups excluding carboxylic acids is 1. The number of nitrogens with one attached hydrogen (secondary N) is 1. The summed E-state index contributed by atoms with van der Waals surface area (Å²) in [4.78, 5) is 12.1. The molecule has 0 bridgehead atoms. The van der Waals surface area contributed by atoms with E-state index in [9.17, 15) is 13.2 Å². The Morgan fingerprint density at radius 3 is 2.37 bits per heavy atom. The highest BCUT2D eigenvalue weighted by Crippen LogP contribution is 2.24. The van der Waals surface area contributed by atoms with Gasteiger partial charge in [0.25, 0.3) is 0 Å². The lowest BCUT2D eigenvalue weighted by Gasteiger charge is -2.25. The standard InChI is InChI=1S/C20H26N2O4S/c1-15-6-5-7-19(16(15)2)22(27(4,24)25)13-12-21-20(23)14-17-8-10-18(26-3)11-9-17/h5-11H,12-14H2,1-4H3,(H,21,23). The molecule has 0 saturated carbocycles. The molecule has 6 nitrogen and oxygen atoms in total. The lowest BCUT2D eigenvalue weighted by molar-refractivity contribution is -0.120. The van der Waals surface area contributed by atoms with Crippen molar-refractivity contribution in [1.82, 2.24) is 5.32 Å².